The molecule has 106 valence electrons. The molecule has 1 N–H and O–H groups in total. The van der Waals surface area contributed by atoms with Gasteiger partial charge < -0.3 is 10.1 Å². The van der Waals surface area contributed by atoms with Crippen molar-refractivity contribution in [2.24, 2.45) is 0 Å². The number of nitrogens with one attached hydrogen (secondary N) is 1. The third-order valence-corrected chi connectivity index (χ3v) is 2.51. The van der Waals surface area contributed by atoms with Crippen LogP contribution < -0.4 is 5.32 Å². The number of nitrogens with zero attached hydrogens (tertiary/aromatic N) is 1. The average Bonchev–Trinajstić information content (AvgIpc) is 2.42. The number of hydrogen-bond donors (Lipinski definition) is 1. The lowest BCUT2D eigenvalue weighted by Crippen LogP contribution is -2.41. The summed E-state index contributed by atoms with van der Waals surface area (Å²) in [5, 5.41) is 10.7. The van der Waals surface area contributed by atoms with Gasteiger partial charge in [0.2, 0.25) is 0 Å². The number of ether oxygens (including phenoxy) is 1. The van der Waals surface area contributed by atoms with Crippen LogP contribution in [0.5, 0.6) is 0 Å². The largest absolute Gasteiger partial charge is 0.467 e. The summed E-state index contributed by atoms with van der Waals surface area (Å²) in [6, 6.07) is 3.24. The molecule has 1 rings (SSSR count). The van der Waals surface area contributed by atoms with E-state index in [0.29, 0.717) is 6.07 Å². The second-order valence-electron chi connectivity index (χ2n) is 3.87. The first-order chi connectivity index (χ1) is 9.49. The van der Waals surface area contributed by atoms with Gasteiger partial charge in [0.1, 0.15) is 17.7 Å². The van der Waals surface area contributed by atoms with E-state index >= 15 is 0 Å². The van der Waals surface area contributed by atoms with Gasteiger partial charge in [-0.2, -0.15) is 5.26 Å². The Morgan fingerprint density at radius 2 is 2.15 bits per heavy atom. The van der Waals surface area contributed by atoms with Gasteiger partial charge in [-0.15, -0.1) is 0 Å². The number of nitriles is 1. The van der Waals surface area contributed by atoms with Crippen LogP contribution in [0.3, 0.4) is 0 Å². The number of rotatable bonds is 5. The van der Waals surface area contributed by atoms with Gasteiger partial charge >= 0.3 is 5.97 Å². The van der Waals surface area contributed by atoms with Crippen LogP contribution in [0, 0.1) is 23.0 Å². The number of esters is 1. The first-order valence-corrected chi connectivity index (χ1v) is 5.70. The zero-order chi connectivity index (χ0) is 15.1. The molecule has 0 heterocycles. The van der Waals surface area contributed by atoms with Gasteiger partial charge in [0, 0.05) is 12.5 Å². The first-order valence-electron chi connectivity index (χ1n) is 5.70. The van der Waals surface area contributed by atoms with E-state index in [0.717, 1.165) is 19.2 Å². The molecule has 0 aliphatic rings. The Hall–Kier alpha value is -2.49. The molecule has 0 fully saturated rings. The van der Waals surface area contributed by atoms with E-state index in [4.69, 9.17) is 5.26 Å². The molecule has 0 radical (unpaired) electrons. The molecule has 20 heavy (non-hydrogen) atoms. The second kappa shape index (κ2) is 7.19. The van der Waals surface area contributed by atoms with Crippen LogP contribution in [0.1, 0.15) is 23.2 Å². The van der Waals surface area contributed by atoms with E-state index < -0.39 is 35.1 Å². The van der Waals surface area contributed by atoms with Gasteiger partial charge in [0.05, 0.1) is 18.7 Å². The topological polar surface area (TPSA) is 79.2 Å². The highest BCUT2D eigenvalue weighted by atomic mass is 19.1. The molecule has 0 saturated carbocycles. The molecule has 0 aliphatic carbocycles. The van der Waals surface area contributed by atoms with Gasteiger partial charge in [0.25, 0.3) is 5.91 Å². The number of amides is 1. The smallest absolute Gasteiger partial charge is 0.328 e. The van der Waals surface area contributed by atoms with Crippen molar-refractivity contribution >= 4 is 11.9 Å². The third-order valence-electron chi connectivity index (χ3n) is 2.51. The van der Waals surface area contributed by atoms with Crippen molar-refractivity contribution in [1.29, 1.82) is 5.26 Å². The SMILES string of the molecule is COC(=O)[C@H](CCC#N)NC(=O)c1ccc(F)cc1F. The maximum atomic E-state index is 13.4. The highest BCUT2D eigenvalue weighted by Crippen LogP contribution is 2.10. The van der Waals surface area contributed by atoms with E-state index in [1.807, 2.05) is 6.07 Å². The number of carbonyl (C=O) groups excluding carboxylic acids is 2. The summed E-state index contributed by atoms with van der Waals surface area (Å²) in [5.41, 5.74) is -0.391. The van der Waals surface area contributed by atoms with E-state index in [2.05, 4.69) is 10.1 Å². The van der Waals surface area contributed by atoms with Crippen LogP contribution in [-0.2, 0) is 9.53 Å². The summed E-state index contributed by atoms with van der Waals surface area (Å²) in [6.45, 7) is 0. The first kappa shape index (κ1) is 15.6. The molecule has 0 bridgehead atoms. The van der Waals surface area contributed by atoms with Crippen LogP contribution >= 0.6 is 0 Å². The maximum absolute atomic E-state index is 13.4. The van der Waals surface area contributed by atoms with Crippen molar-refractivity contribution in [2.75, 3.05) is 7.11 Å². The highest BCUT2D eigenvalue weighted by molar-refractivity contribution is 5.97. The minimum atomic E-state index is -1.06. The predicted octanol–water partition coefficient (Wildman–Crippen LogP) is 1.54. The predicted molar refractivity (Wildman–Crippen MR) is 64.5 cm³/mol. The zero-order valence-corrected chi connectivity index (χ0v) is 10.7. The summed E-state index contributed by atoms with van der Waals surface area (Å²) in [7, 11) is 1.13. The number of benzene rings is 1. The van der Waals surface area contributed by atoms with E-state index in [1.54, 1.807) is 0 Å². The molecule has 0 aliphatic heterocycles. The van der Waals surface area contributed by atoms with Gasteiger partial charge in [-0.25, -0.2) is 13.6 Å². The van der Waals surface area contributed by atoms with E-state index in [-0.39, 0.29) is 12.8 Å². The fraction of sp³-hybridized carbons (Fsp3) is 0.308. The van der Waals surface area contributed by atoms with E-state index in [9.17, 15) is 18.4 Å². The Kier molecular flexibility index (Phi) is 5.59. The van der Waals surface area contributed by atoms with Crippen LogP contribution in [0.4, 0.5) is 8.78 Å². The Balaban J connectivity index is 2.84. The lowest BCUT2D eigenvalue weighted by Gasteiger charge is -2.15. The fourth-order valence-electron chi connectivity index (χ4n) is 1.51. The second-order valence-corrected chi connectivity index (χ2v) is 3.87. The van der Waals surface area contributed by atoms with Crippen LogP contribution in [0.2, 0.25) is 0 Å². The molecule has 7 heteroatoms. The molecule has 1 aromatic carbocycles. The van der Waals surface area contributed by atoms with Crippen molar-refractivity contribution in [1.82, 2.24) is 5.32 Å². The summed E-state index contributed by atoms with van der Waals surface area (Å²) >= 11 is 0. The van der Waals surface area contributed by atoms with Gasteiger partial charge in [0.15, 0.2) is 0 Å². The summed E-state index contributed by atoms with van der Waals surface area (Å²) in [5.74, 6) is -3.47. The van der Waals surface area contributed by atoms with Crippen LogP contribution in [0.15, 0.2) is 18.2 Å². The summed E-state index contributed by atoms with van der Waals surface area (Å²) in [4.78, 5) is 23.2. The Morgan fingerprint density at radius 3 is 2.70 bits per heavy atom. The zero-order valence-electron chi connectivity index (χ0n) is 10.7. The monoisotopic (exact) mass is 282 g/mol. The lowest BCUT2D eigenvalue weighted by atomic mass is 10.1. The molecule has 0 unspecified atom stereocenters. The maximum Gasteiger partial charge on any atom is 0.328 e. The molecule has 0 aromatic heterocycles. The van der Waals surface area contributed by atoms with Crippen molar-refractivity contribution in [3.63, 3.8) is 0 Å². The number of methoxy groups -OCH3 is 1. The third kappa shape index (κ3) is 4.02. The number of carbonyl (C=O) groups is 2. The molecule has 1 amide bonds. The molecule has 1 atom stereocenters. The van der Waals surface area contributed by atoms with Crippen molar-refractivity contribution in [2.45, 2.75) is 18.9 Å². The van der Waals surface area contributed by atoms with Crippen LogP contribution in [0.25, 0.3) is 0 Å². The molecule has 5 nitrogen and oxygen atoms in total. The highest BCUT2D eigenvalue weighted by Gasteiger charge is 2.23. The van der Waals surface area contributed by atoms with Crippen molar-refractivity contribution in [3.8, 4) is 6.07 Å². The van der Waals surface area contributed by atoms with Crippen molar-refractivity contribution in [3.05, 3.63) is 35.4 Å². The Morgan fingerprint density at radius 1 is 1.45 bits per heavy atom. The normalized spacial score (nSPS) is 11.3. The van der Waals surface area contributed by atoms with Crippen LogP contribution in [-0.4, -0.2) is 25.0 Å². The Labute approximate surface area is 114 Å². The minimum absolute atomic E-state index is 0.0198. The molecule has 0 saturated heterocycles. The van der Waals surface area contributed by atoms with Gasteiger partial charge in [-0.05, 0) is 18.6 Å². The van der Waals surface area contributed by atoms with E-state index in [1.165, 1.54) is 0 Å². The molecular weight excluding hydrogens is 270 g/mol. The van der Waals surface area contributed by atoms with Gasteiger partial charge in [-0.1, -0.05) is 0 Å². The number of halogens is 2. The summed E-state index contributed by atoms with van der Waals surface area (Å²) in [6.07, 6.45) is 0.0592. The molecule has 1 aromatic rings. The fourth-order valence-corrected chi connectivity index (χ4v) is 1.51. The minimum Gasteiger partial charge on any atom is -0.467 e. The Bertz CT molecular complexity index is 555. The average molecular weight is 282 g/mol. The molecular formula is C13H12F2N2O3. The quantitative estimate of drug-likeness (QED) is 0.831. The van der Waals surface area contributed by atoms with Crippen molar-refractivity contribution < 1.29 is 23.1 Å². The lowest BCUT2D eigenvalue weighted by molar-refractivity contribution is -0.143. The van der Waals surface area contributed by atoms with Gasteiger partial charge in [-0.3, -0.25) is 4.79 Å². The summed E-state index contributed by atoms with van der Waals surface area (Å²) < 4.78 is 30.6. The standard InChI is InChI=1S/C13H12F2N2O3/c1-20-13(19)11(3-2-6-16)17-12(18)9-5-4-8(14)7-10(9)15/h4-5,7,11H,2-3H2,1H3,(H,17,18)/t11-/m0/s1. The number of hydrogen-bond acceptors (Lipinski definition) is 4. The molecule has 0 spiro atoms.